The van der Waals surface area contributed by atoms with Gasteiger partial charge in [-0.15, -0.1) is 0 Å². The molecule has 3 heterocycles. The Kier molecular flexibility index (Phi) is 1.77. The highest BCUT2D eigenvalue weighted by Gasteiger charge is 2.40. The number of imidazole rings is 1. The van der Waals surface area contributed by atoms with Crippen molar-refractivity contribution in [3.8, 4) is 0 Å². The molecule has 4 heteroatoms. The van der Waals surface area contributed by atoms with E-state index in [1.54, 1.807) is 0 Å². The number of ether oxygens (including phenoxy) is 1. The third-order valence-corrected chi connectivity index (χ3v) is 3.24. The van der Waals surface area contributed by atoms with Crippen LogP contribution in [0.2, 0.25) is 0 Å². The van der Waals surface area contributed by atoms with Gasteiger partial charge in [0, 0.05) is 19.4 Å². The van der Waals surface area contributed by atoms with Crippen LogP contribution < -0.4 is 5.32 Å². The normalized spacial score (nSPS) is 35.1. The van der Waals surface area contributed by atoms with Crippen molar-refractivity contribution in [1.29, 1.82) is 0 Å². The van der Waals surface area contributed by atoms with Gasteiger partial charge in [0.25, 0.3) is 0 Å². The minimum absolute atomic E-state index is 0.414. The lowest BCUT2D eigenvalue weighted by atomic mass is 9.96. The van der Waals surface area contributed by atoms with Crippen LogP contribution in [0, 0.1) is 0 Å². The summed E-state index contributed by atoms with van der Waals surface area (Å²) in [5.74, 6) is 0.950. The van der Waals surface area contributed by atoms with E-state index in [0.717, 1.165) is 12.4 Å². The molecule has 2 aliphatic heterocycles. The lowest BCUT2D eigenvalue weighted by Gasteiger charge is -2.20. The molecule has 1 aromatic heterocycles. The summed E-state index contributed by atoms with van der Waals surface area (Å²) in [6, 6.07) is 0.467. The lowest BCUT2D eigenvalue weighted by molar-refractivity contribution is 0.102. The van der Waals surface area contributed by atoms with Crippen molar-refractivity contribution in [2.24, 2.45) is 7.05 Å². The molecule has 76 valence electrons. The quantitative estimate of drug-likeness (QED) is 0.765. The van der Waals surface area contributed by atoms with Crippen molar-refractivity contribution in [2.75, 3.05) is 5.32 Å². The van der Waals surface area contributed by atoms with Gasteiger partial charge in [-0.2, -0.15) is 0 Å². The first kappa shape index (κ1) is 8.29. The van der Waals surface area contributed by atoms with Crippen molar-refractivity contribution >= 4 is 5.95 Å². The minimum Gasteiger partial charge on any atom is -0.373 e. The monoisotopic (exact) mass is 193 g/mol. The molecule has 0 aliphatic carbocycles. The fourth-order valence-corrected chi connectivity index (χ4v) is 2.46. The van der Waals surface area contributed by atoms with Crippen LogP contribution in [-0.4, -0.2) is 27.8 Å². The molecule has 0 radical (unpaired) electrons. The van der Waals surface area contributed by atoms with Gasteiger partial charge in [0.2, 0.25) is 5.95 Å². The van der Waals surface area contributed by atoms with Crippen LogP contribution in [0.3, 0.4) is 0 Å². The number of fused-ring (bicyclic) bond motifs is 2. The number of rotatable bonds is 2. The van der Waals surface area contributed by atoms with Gasteiger partial charge in [-0.05, 0) is 19.3 Å². The Balaban J connectivity index is 1.71. The van der Waals surface area contributed by atoms with Crippen LogP contribution in [0.4, 0.5) is 5.95 Å². The van der Waals surface area contributed by atoms with Crippen LogP contribution in [0.25, 0.3) is 0 Å². The first-order chi connectivity index (χ1) is 6.83. The molecule has 1 N–H and O–H groups in total. The highest BCUT2D eigenvalue weighted by atomic mass is 16.5. The largest absolute Gasteiger partial charge is 0.373 e. The Hall–Kier alpha value is -1.03. The summed E-state index contributed by atoms with van der Waals surface area (Å²) in [5, 5.41) is 3.45. The molecule has 2 fully saturated rings. The van der Waals surface area contributed by atoms with Crippen LogP contribution >= 0.6 is 0 Å². The second-order valence-electron chi connectivity index (χ2n) is 4.22. The van der Waals surface area contributed by atoms with E-state index in [0.29, 0.717) is 18.2 Å². The maximum atomic E-state index is 5.77. The Morgan fingerprint density at radius 2 is 2.50 bits per heavy atom. The van der Waals surface area contributed by atoms with Gasteiger partial charge < -0.3 is 14.6 Å². The van der Waals surface area contributed by atoms with Gasteiger partial charge in [-0.1, -0.05) is 0 Å². The third-order valence-electron chi connectivity index (χ3n) is 3.24. The summed E-state index contributed by atoms with van der Waals surface area (Å²) in [6.07, 6.45) is 8.26. The van der Waals surface area contributed by atoms with Gasteiger partial charge >= 0.3 is 0 Å². The molecule has 3 unspecified atom stereocenters. The fraction of sp³-hybridized carbons (Fsp3) is 0.700. The van der Waals surface area contributed by atoms with Crippen molar-refractivity contribution in [2.45, 2.75) is 37.5 Å². The molecule has 2 bridgehead atoms. The third kappa shape index (κ3) is 1.21. The molecular formula is C10H15N3O. The van der Waals surface area contributed by atoms with E-state index in [-0.39, 0.29) is 0 Å². The van der Waals surface area contributed by atoms with Crippen molar-refractivity contribution < 1.29 is 4.74 Å². The zero-order valence-corrected chi connectivity index (χ0v) is 8.31. The van der Waals surface area contributed by atoms with Crippen molar-refractivity contribution in [1.82, 2.24) is 9.55 Å². The van der Waals surface area contributed by atoms with E-state index in [4.69, 9.17) is 4.74 Å². The first-order valence-electron chi connectivity index (χ1n) is 5.22. The molecule has 2 aliphatic rings. The Labute approximate surface area is 83.3 Å². The second-order valence-corrected chi connectivity index (χ2v) is 4.22. The number of hydrogen-bond acceptors (Lipinski definition) is 3. The van der Waals surface area contributed by atoms with E-state index < -0.39 is 0 Å². The molecule has 14 heavy (non-hydrogen) atoms. The highest BCUT2D eigenvalue weighted by molar-refractivity contribution is 5.29. The fourth-order valence-electron chi connectivity index (χ4n) is 2.46. The Morgan fingerprint density at radius 3 is 3.07 bits per heavy atom. The maximum Gasteiger partial charge on any atom is 0.202 e. The molecule has 0 saturated carbocycles. The van der Waals surface area contributed by atoms with Gasteiger partial charge in [-0.25, -0.2) is 4.98 Å². The van der Waals surface area contributed by atoms with Gasteiger partial charge in [0.15, 0.2) is 0 Å². The molecule has 1 aromatic rings. The molecule has 3 atom stereocenters. The molecule has 3 rings (SSSR count). The predicted octanol–water partition coefficient (Wildman–Crippen LogP) is 1.15. The maximum absolute atomic E-state index is 5.77. The Bertz CT molecular complexity index is 336. The number of aryl methyl sites for hydroxylation is 1. The smallest absolute Gasteiger partial charge is 0.202 e. The van der Waals surface area contributed by atoms with E-state index in [1.807, 2.05) is 24.0 Å². The average Bonchev–Trinajstić information content (AvgIpc) is 2.83. The summed E-state index contributed by atoms with van der Waals surface area (Å²) < 4.78 is 7.78. The number of hydrogen-bond donors (Lipinski definition) is 1. The first-order valence-corrected chi connectivity index (χ1v) is 5.22. The Morgan fingerprint density at radius 1 is 1.57 bits per heavy atom. The van der Waals surface area contributed by atoms with Crippen LogP contribution in [0.15, 0.2) is 12.4 Å². The van der Waals surface area contributed by atoms with Crippen LogP contribution in [-0.2, 0) is 11.8 Å². The molecule has 0 amide bonds. The minimum atomic E-state index is 0.414. The summed E-state index contributed by atoms with van der Waals surface area (Å²) in [5.41, 5.74) is 0. The van der Waals surface area contributed by atoms with Gasteiger partial charge in [-0.3, -0.25) is 0 Å². The lowest BCUT2D eigenvalue weighted by Crippen LogP contribution is -2.31. The molecule has 2 saturated heterocycles. The highest BCUT2D eigenvalue weighted by Crippen LogP contribution is 2.35. The molecule has 0 spiro atoms. The van der Waals surface area contributed by atoms with E-state index in [2.05, 4.69) is 10.3 Å². The van der Waals surface area contributed by atoms with Crippen molar-refractivity contribution in [3.05, 3.63) is 12.4 Å². The average molecular weight is 193 g/mol. The second kappa shape index (κ2) is 2.98. The van der Waals surface area contributed by atoms with E-state index in [9.17, 15) is 0 Å². The molecule has 4 nitrogen and oxygen atoms in total. The zero-order chi connectivity index (χ0) is 9.54. The standard InChI is InChI=1S/C10H15N3O/c1-13-5-4-11-10(13)12-8-6-7-2-3-9(8)14-7/h4-5,7-9H,2-3,6H2,1H3,(H,11,12). The number of anilines is 1. The van der Waals surface area contributed by atoms with E-state index >= 15 is 0 Å². The van der Waals surface area contributed by atoms with Crippen LogP contribution in [0.5, 0.6) is 0 Å². The predicted molar refractivity (Wildman–Crippen MR) is 53.1 cm³/mol. The van der Waals surface area contributed by atoms with Crippen molar-refractivity contribution in [3.63, 3.8) is 0 Å². The topological polar surface area (TPSA) is 39.1 Å². The molecule has 0 aromatic carbocycles. The van der Waals surface area contributed by atoms with E-state index in [1.165, 1.54) is 12.8 Å². The summed E-state index contributed by atoms with van der Waals surface area (Å²) >= 11 is 0. The molecular weight excluding hydrogens is 178 g/mol. The summed E-state index contributed by atoms with van der Waals surface area (Å²) in [7, 11) is 2.00. The zero-order valence-electron chi connectivity index (χ0n) is 8.31. The van der Waals surface area contributed by atoms with Gasteiger partial charge in [0.05, 0.1) is 18.2 Å². The number of aromatic nitrogens is 2. The summed E-state index contributed by atoms with van der Waals surface area (Å²) in [6.45, 7) is 0. The number of nitrogens with zero attached hydrogens (tertiary/aromatic N) is 2. The van der Waals surface area contributed by atoms with Gasteiger partial charge in [0.1, 0.15) is 0 Å². The summed E-state index contributed by atoms with van der Waals surface area (Å²) in [4.78, 5) is 4.26. The SMILES string of the molecule is Cn1ccnc1NC1CC2CCC1O2. The number of nitrogens with one attached hydrogen (secondary N) is 1. The van der Waals surface area contributed by atoms with Crippen LogP contribution in [0.1, 0.15) is 19.3 Å².